The van der Waals surface area contributed by atoms with E-state index in [-0.39, 0.29) is 41.2 Å². The van der Waals surface area contributed by atoms with Crippen LogP contribution in [0.2, 0.25) is 0 Å². The fourth-order valence-corrected chi connectivity index (χ4v) is 3.70. The molecule has 0 radical (unpaired) electrons. The largest absolute Gasteiger partial charge is 4.00 e. The van der Waals surface area contributed by atoms with E-state index in [4.69, 9.17) is 0 Å². The van der Waals surface area contributed by atoms with Crippen molar-refractivity contribution in [3.05, 3.63) is 23.4 Å². The molecule has 1 fully saturated rings. The molecule has 0 spiro atoms. The van der Waals surface area contributed by atoms with Crippen molar-refractivity contribution in [1.82, 2.24) is 0 Å². The van der Waals surface area contributed by atoms with Gasteiger partial charge in [-0.25, -0.2) is 4.39 Å². The van der Waals surface area contributed by atoms with Crippen LogP contribution in [0.15, 0.2) is 0 Å². The molecule has 3 atom stereocenters. The molecule has 0 amide bonds. The molecule has 0 bridgehead atoms. The van der Waals surface area contributed by atoms with Crippen molar-refractivity contribution >= 4 is 7.92 Å². The minimum Gasteiger partial charge on any atom is -0.668 e. The third-order valence-electron chi connectivity index (χ3n) is 2.33. The summed E-state index contributed by atoms with van der Waals surface area (Å²) in [6, 6.07) is 0. The van der Waals surface area contributed by atoms with E-state index in [9.17, 15) is 4.39 Å². The molecule has 0 aromatic rings. The van der Waals surface area contributed by atoms with Crippen LogP contribution in [0.1, 0.15) is 19.3 Å². The number of alkyl halides is 1. The Kier molecular flexibility index (Phi) is 31.9. The van der Waals surface area contributed by atoms with Gasteiger partial charge in [0.1, 0.15) is 6.17 Å². The molecule has 1 saturated carbocycles. The van der Waals surface area contributed by atoms with E-state index >= 15 is 0 Å². The Morgan fingerprint density at radius 1 is 1.05 bits per heavy atom. The Bertz CT molecular complexity index is 154. The van der Waals surface area contributed by atoms with Crippen molar-refractivity contribution in [3.8, 4) is 0 Å². The van der Waals surface area contributed by atoms with Gasteiger partial charge in [-0.05, 0) is 25.9 Å². The van der Waals surface area contributed by atoms with Crippen molar-refractivity contribution in [2.24, 2.45) is 0 Å². The molecule has 1 rings (SSSR count). The summed E-state index contributed by atoms with van der Waals surface area (Å²) in [5, 5.41) is 11.1. The third-order valence-corrected chi connectivity index (χ3v) is 4.77. The van der Waals surface area contributed by atoms with Gasteiger partial charge < -0.3 is 23.4 Å². The quantitative estimate of drug-likeness (QED) is 0.337. The summed E-state index contributed by atoms with van der Waals surface area (Å²) < 4.78 is 13.1. The zero-order valence-corrected chi connectivity index (χ0v) is 18.1. The first-order valence-electron chi connectivity index (χ1n) is 5.94. The van der Waals surface area contributed by atoms with Crippen LogP contribution >= 0.6 is 7.92 Å². The Labute approximate surface area is 140 Å². The van der Waals surface area contributed by atoms with Gasteiger partial charge in [-0.3, -0.25) is 0 Å². The molecule has 0 N–H and O–H groups in total. The summed E-state index contributed by atoms with van der Waals surface area (Å²) in [5.41, 5.74) is 0.355. The number of halogens is 1. The van der Waals surface area contributed by atoms with E-state index in [1.165, 1.54) is 0 Å². The molecule has 0 heterocycles. The smallest absolute Gasteiger partial charge is 0.668 e. The van der Waals surface area contributed by atoms with Crippen LogP contribution in [-0.4, -0.2) is 60.0 Å². The molecule has 0 aromatic carbocycles. The van der Waals surface area contributed by atoms with Gasteiger partial charge in [0, 0.05) is 5.66 Å². The molecular weight excluding hydrogens is 427 g/mol. The summed E-state index contributed by atoms with van der Waals surface area (Å²) >= 11 is 0. The van der Waals surface area contributed by atoms with Crippen LogP contribution in [0.5, 0.6) is 0 Å². The van der Waals surface area contributed by atoms with Gasteiger partial charge in [0.15, 0.2) is 0 Å². The SMILES string of the molecule is C[N-]C.C[N-]C.C[N-]CP(C)C1CCCC1F.[CH3-].[Hf+4]. The number of hydrogen-bond acceptors (Lipinski definition) is 0. The van der Waals surface area contributed by atoms with E-state index in [0.717, 1.165) is 25.5 Å². The van der Waals surface area contributed by atoms with E-state index in [2.05, 4.69) is 22.6 Å². The maximum absolute atomic E-state index is 13.1. The van der Waals surface area contributed by atoms with Crippen LogP contribution < -0.4 is 0 Å². The second-order valence-corrected chi connectivity index (χ2v) is 6.58. The van der Waals surface area contributed by atoms with Crippen molar-refractivity contribution in [3.63, 3.8) is 0 Å². The molecule has 3 nitrogen and oxygen atoms in total. The first kappa shape index (κ1) is 28.3. The summed E-state index contributed by atoms with van der Waals surface area (Å²) in [6.45, 7) is 2.17. The molecule has 19 heavy (non-hydrogen) atoms. The Hall–Kier alpha value is 1.11. The summed E-state index contributed by atoms with van der Waals surface area (Å²) in [5.74, 6) is 0. The minimum absolute atomic E-state index is 0. The van der Waals surface area contributed by atoms with Crippen LogP contribution in [0.25, 0.3) is 16.0 Å². The number of rotatable bonds is 3. The monoisotopic (exact) mass is 459 g/mol. The minimum atomic E-state index is -0.520. The maximum atomic E-state index is 13.1. The molecule has 3 unspecified atom stereocenters. The summed E-state index contributed by atoms with van der Waals surface area (Å²) in [7, 11) is 8.66. The third kappa shape index (κ3) is 17.1. The fourth-order valence-electron chi connectivity index (χ4n) is 1.72. The topological polar surface area (TPSA) is 42.3 Å². The predicted molar refractivity (Wildman–Crippen MR) is 86.4 cm³/mol. The Morgan fingerprint density at radius 3 is 1.74 bits per heavy atom. The first-order chi connectivity index (χ1) is 8.08. The molecule has 114 valence electrons. The van der Waals surface area contributed by atoms with Gasteiger partial charge in [0.05, 0.1) is 0 Å². The van der Waals surface area contributed by atoms with Gasteiger partial charge in [-0.15, -0.1) is 14.2 Å². The zero-order chi connectivity index (χ0) is 13.7. The summed E-state index contributed by atoms with van der Waals surface area (Å²) in [6.07, 6.45) is 3.34. The molecule has 0 saturated heterocycles. The molecule has 0 aliphatic heterocycles. The van der Waals surface area contributed by atoms with Gasteiger partial charge in [-0.2, -0.15) is 35.2 Å². The van der Waals surface area contributed by atoms with E-state index in [0.29, 0.717) is 5.66 Å². The molecular formula is C13H31FHfN3P. The Morgan fingerprint density at radius 2 is 1.47 bits per heavy atom. The molecule has 1 aliphatic carbocycles. The van der Waals surface area contributed by atoms with Crippen LogP contribution in [0.3, 0.4) is 0 Å². The number of nitrogens with zero attached hydrogens (tertiary/aromatic N) is 3. The van der Waals surface area contributed by atoms with Gasteiger partial charge in [-0.1, -0.05) is 0 Å². The van der Waals surface area contributed by atoms with Crippen molar-refractivity contribution in [2.75, 3.05) is 48.2 Å². The molecule has 6 heteroatoms. The standard InChI is InChI=1S/C8H16FNP.2C2H6N.CH3.Hf/c1-10-6-11(2)8-5-3-4-7(8)9;2*1-3-2;;/h7-8H,3-6H2,1-2H3;2*1-2H3;1H3;/q4*-1;+4. The maximum Gasteiger partial charge on any atom is 4.00 e. The van der Waals surface area contributed by atoms with E-state index in [1.807, 2.05) is 7.05 Å². The second kappa shape index (κ2) is 21.4. The van der Waals surface area contributed by atoms with Crippen molar-refractivity contribution in [1.29, 1.82) is 0 Å². The van der Waals surface area contributed by atoms with Gasteiger partial charge >= 0.3 is 25.8 Å². The van der Waals surface area contributed by atoms with Crippen LogP contribution in [-0.2, 0) is 25.8 Å². The van der Waals surface area contributed by atoms with E-state index in [1.54, 1.807) is 28.2 Å². The van der Waals surface area contributed by atoms with Crippen LogP contribution in [0, 0.1) is 7.43 Å². The Balaban J connectivity index is -0.000000122. The number of hydrogen-bond donors (Lipinski definition) is 0. The average molecular weight is 458 g/mol. The van der Waals surface area contributed by atoms with Gasteiger partial charge in [0.25, 0.3) is 0 Å². The van der Waals surface area contributed by atoms with E-state index < -0.39 is 6.17 Å². The molecule has 0 aromatic heterocycles. The van der Waals surface area contributed by atoms with Crippen molar-refractivity contribution in [2.45, 2.75) is 31.1 Å². The fraction of sp³-hybridized carbons (Fsp3) is 0.923. The van der Waals surface area contributed by atoms with Gasteiger partial charge in [0.2, 0.25) is 0 Å². The first-order valence-corrected chi connectivity index (χ1v) is 7.99. The zero-order valence-electron chi connectivity index (χ0n) is 13.6. The van der Waals surface area contributed by atoms with Crippen molar-refractivity contribution < 1.29 is 30.2 Å². The summed E-state index contributed by atoms with van der Waals surface area (Å²) in [4.78, 5) is 0. The average Bonchev–Trinajstić information content (AvgIpc) is 2.67. The normalized spacial score (nSPS) is 21.6. The van der Waals surface area contributed by atoms with Crippen LogP contribution in [0.4, 0.5) is 4.39 Å². The second-order valence-electron chi connectivity index (χ2n) is 4.12. The molecule has 1 aliphatic rings. The predicted octanol–water partition coefficient (Wildman–Crippen LogP) is 4.64.